The molecule has 138 valence electrons. The molecule has 2 aromatic rings. The van der Waals surface area contributed by atoms with Gasteiger partial charge in [-0.25, -0.2) is 5.43 Å². The van der Waals surface area contributed by atoms with Gasteiger partial charge in [-0.05, 0) is 54.5 Å². The predicted octanol–water partition coefficient (Wildman–Crippen LogP) is 4.36. The van der Waals surface area contributed by atoms with Gasteiger partial charge in [-0.15, -0.1) is 0 Å². The van der Waals surface area contributed by atoms with Crippen molar-refractivity contribution in [1.82, 2.24) is 5.43 Å². The molecule has 0 saturated heterocycles. The molecule has 1 saturated carbocycles. The van der Waals surface area contributed by atoms with Gasteiger partial charge in [0.2, 0.25) is 0 Å². The van der Waals surface area contributed by atoms with Gasteiger partial charge in [-0.1, -0.05) is 32.9 Å². The summed E-state index contributed by atoms with van der Waals surface area (Å²) >= 11 is 0. The number of nitrogens with zero attached hydrogens (tertiary/aromatic N) is 1. The molecule has 1 aromatic heterocycles. The van der Waals surface area contributed by atoms with E-state index in [4.69, 9.17) is 9.15 Å². The number of benzene rings is 1. The number of furan rings is 1. The first-order valence-electron chi connectivity index (χ1n) is 9.09. The van der Waals surface area contributed by atoms with E-state index in [0.29, 0.717) is 23.5 Å². The maximum atomic E-state index is 12.0. The minimum absolute atomic E-state index is 0.0799. The lowest BCUT2D eigenvalue weighted by molar-refractivity contribution is -0.123. The van der Waals surface area contributed by atoms with Crippen molar-refractivity contribution in [3.8, 4) is 5.75 Å². The lowest BCUT2D eigenvalue weighted by Gasteiger charge is -2.14. The van der Waals surface area contributed by atoms with Crippen molar-refractivity contribution in [2.75, 3.05) is 6.61 Å². The van der Waals surface area contributed by atoms with Crippen molar-refractivity contribution in [2.45, 2.75) is 46.0 Å². The number of hydrazone groups is 1. The molecule has 1 N–H and O–H groups in total. The van der Waals surface area contributed by atoms with Gasteiger partial charge < -0.3 is 9.15 Å². The summed E-state index contributed by atoms with van der Waals surface area (Å²) in [7, 11) is 0. The average Bonchev–Trinajstić information content (AvgIpc) is 3.14. The van der Waals surface area contributed by atoms with Crippen LogP contribution in [0.4, 0.5) is 0 Å². The minimum atomic E-state index is -0.306. The molecular weight excluding hydrogens is 328 g/mol. The fraction of sp³-hybridized carbons (Fsp3) is 0.429. The summed E-state index contributed by atoms with van der Waals surface area (Å²) in [4.78, 5) is 12.0. The number of carbonyl (C=O) groups is 1. The SMILES string of the molecule is Cc1ccc(C(C)C)c(OCC(=O)N/N=C\c2ccc([C@H]3C[C@H]3C)o2)c1. The second kappa shape index (κ2) is 7.77. The van der Waals surface area contributed by atoms with Crippen molar-refractivity contribution in [1.29, 1.82) is 0 Å². The Labute approximate surface area is 154 Å². The zero-order chi connectivity index (χ0) is 18.7. The number of hydrogen-bond acceptors (Lipinski definition) is 4. The fourth-order valence-electron chi connectivity index (χ4n) is 2.94. The van der Waals surface area contributed by atoms with E-state index in [1.54, 1.807) is 0 Å². The van der Waals surface area contributed by atoms with Crippen LogP contribution in [-0.2, 0) is 4.79 Å². The summed E-state index contributed by atoms with van der Waals surface area (Å²) in [6.07, 6.45) is 2.69. The van der Waals surface area contributed by atoms with Gasteiger partial charge in [0.15, 0.2) is 6.61 Å². The minimum Gasteiger partial charge on any atom is -0.483 e. The summed E-state index contributed by atoms with van der Waals surface area (Å²) in [5.74, 6) is 3.63. The highest BCUT2D eigenvalue weighted by Crippen LogP contribution is 2.47. The van der Waals surface area contributed by atoms with Crippen LogP contribution in [0, 0.1) is 12.8 Å². The largest absolute Gasteiger partial charge is 0.483 e. The molecule has 2 atom stereocenters. The van der Waals surface area contributed by atoms with E-state index in [-0.39, 0.29) is 12.5 Å². The Bertz CT molecular complexity index is 807. The molecule has 1 aliphatic rings. The Hall–Kier alpha value is -2.56. The normalized spacial score (nSPS) is 19.1. The maximum Gasteiger partial charge on any atom is 0.277 e. The highest BCUT2D eigenvalue weighted by Gasteiger charge is 2.36. The molecule has 0 spiro atoms. The van der Waals surface area contributed by atoms with Gasteiger partial charge in [-0.3, -0.25) is 4.79 Å². The van der Waals surface area contributed by atoms with Gasteiger partial charge in [0, 0.05) is 5.92 Å². The van der Waals surface area contributed by atoms with Crippen molar-refractivity contribution < 1.29 is 13.9 Å². The van der Waals surface area contributed by atoms with Crippen LogP contribution in [-0.4, -0.2) is 18.7 Å². The third-order valence-corrected chi connectivity index (χ3v) is 4.65. The standard InChI is InChI=1S/C21H26N2O3/c1-13(2)17-7-5-14(3)9-20(17)25-12-21(24)23-22-11-16-6-8-19(26-16)18-10-15(18)4/h5-9,11,13,15,18H,10,12H2,1-4H3,(H,23,24)/b22-11-/t15-,18+/m1/s1. The number of hydrogen-bond donors (Lipinski definition) is 1. The topological polar surface area (TPSA) is 63.8 Å². The van der Waals surface area contributed by atoms with Crippen molar-refractivity contribution in [3.05, 3.63) is 53.0 Å². The molecular formula is C21H26N2O3. The molecule has 3 rings (SSSR count). The molecule has 1 aromatic carbocycles. The highest BCUT2D eigenvalue weighted by atomic mass is 16.5. The number of amides is 1. The van der Waals surface area contributed by atoms with E-state index in [9.17, 15) is 4.79 Å². The number of nitrogens with one attached hydrogen (secondary N) is 1. The van der Waals surface area contributed by atoms with Crippen LogP contribution in [0.25, 0.3) is 0 Å². The zero-order valence-electron chi connectivity index (χ0n) is 15.8. The first kappa shape index (κ1) is 18.2. The molecule has 5 heteroatoms. The van der Waals surface area contributed by atoms with E-state index < -0.39 is 0 Å². The quantitative estimate of drug-likeness (QED) is 0.593. The van der Waals surface area contributed by atoms with Crippen molar-refractivity contribution in [2.24, 2.45) is 11.0 Å². The van der Waals surface area contributed by atoms with Gasteiger partial charge in [0.05, 0.1) is 6.21 Å². The van der Waals surface area contributed by atoms with Crippen LogP contribution in [0.5, 0.6) is 5.75 Å². The molecule has 0 bridgehead atoms. The molecule has 0 aliphatic heterocycles. The lowest BCUT2D eigenvalue weighted by Crippen LogP contribution is -2.24. The lowest BCUT2D eigenvalue weighted by atomic mass is 10.0. The van der Waals surface area contributed by atoms with Crippen LogP contribution in [0.1, 0.15) is 61.7 Å². The third-order valence-electron chi connectivity index (χ3n) is 4.65. The number of ether oxygens (including phenoxy) is 1. The maximum absolute atomic E-state index is 12.0. The van der Waals surface area contributed by atoms with Crippen molar-refractivity contribution in [3.63, 3.8) is 0 Å². The second-order valence-corrected chi connectivity index (χ2v) is 7.34. The van der Waals surface area contributed by atoms with E-state index >= 15 is 0 Å². The highest BCUT2D eigenvalue weighted by molar-refractivity contribution is 5.81. The van der Waals surface area contributed by atoms with Gasteiger partial charge in [0.1, 0.15) is 17.3 Å². The fourth-order valence-corrected chi connectivity index (χ4v) is 2.94. The molecule has 5 nitrogen and oxygen atoms in total. The Balaban J connectivity index is 1.50. The smallest absolute Gasteiger partial charge is 0.277 e. The number of aryl methyl sites for hydroxylation is 1. The van der Waals surface area contributed by atoms with E-state index in [0.717, 1.165) is 22.6 Å². The molecule has 0 radical (unpaired) electrons. The predicted molar refractivity (Wildman–Crippen MR) is 102 cm³/mol. The zero-order valence-corrected chi connectivity index (χ0v) is 15.8. The summed E-state index contributed by atoms with van der Waals surface area (Å²) in [6, 6.07) is 9.89. The van der Waals surface area contributed by atoms with Crippen LogP contribution in [0.3, 0.4) is 0 Å². The average molecular weight is 354 g/mol. The molecule has 0 unspecified atom stereocenters. The Morgan fingerprint density at radius 3 is 2.85 bits per heavy atom. The molecule has 1 aliphatic carbocycles. The Morgan fingerprint density at radius 1 is 1.38 bits per heavy atom. The second-order valence-electron chi connectivity index (χ2n) is 7.34. The summed E-state index contributed by atoms with van der Waals surface area (Å²) in [5.41, 5.74) is 4.66. The monoisotopic (exact) mass is 354 g/mol. The molecule has 26 heavy (non-hydrogen) atoms. The van der Waals surface area contributed by atoms with E-state index in [2.05, 4.69) is 31.3 Å². The Morgan fingerprint density at radius 2 is 2.15 bits per heavy atom. The first-order chi connectivity index (χ1) is 12.4. The third kappa shape index (κ3) is 4.54. The summed E-state index contributed by atoms with van der Waals surface area (Å²) in [6.45, 7) is 8.33. The van der Waals surface area contributed by atoms with Crippen LogP contribution < -0.4 is 10.2 Å². The van der Waals surface area contributed by atoms with Crippen LogP contribution in [0.15, 0.2) is 39.9 Å². The molecule has 1 heterocycles. The van der Waals surface area contributed by atoms with E-state index in [1.807, 2.05) is 37.3 Å². The molecule has 1 amide bonds. The molecule has 1 fully saturated rings. The van der Waals surface area contributed by atoms with E-state index in [1.165, 1.54) is 12.6 Å². The van der Waals surface area contributed by atoms with Gasteiger partial charge in [-0.2, -0.15) is 5.10 Å². The summed E-state index contributed by atoms with van der Waals surface area (Å²) in [5, 5.41) is 3.94. The van der Waals surface area contributed by atoms with Crippen LogP contribution in [0.2, 0.25) is 0 Å². The van der Waals surface area contributed by atoms with Crippen molar-refractivity contribution >= 4 is 12.1 Å². The first-order valence-corrected chi connectivity index (χ1v) is 9.09. The summed E-state index contributed by atoms with van der Waals surface area (Å²) < 4.78 is 11.4. The van der Waals surface area contributed by atoms with Crippen LogP contribution >= 0.6 is 0 Å². The van der Waals surface area contributed by atoms with Gasteiger partial charge in [0.25, 0.3) is 5.91 Å². The van der Waals surface area contributed by atoms with Gasteiger partial charge >= 0.3 is 0 Å². The number of rotatable bonds is 7. The number of carbonyl (C=O) groups excluding carboxylic acids is 1. The Kier molecular flexibility index (Phi) is 5.45.